The van der Waals surface area contributed by atoms with E-state index in [0.29, 0.717) is 6.42 Å². The van der Waals surface area contributed by atoms with Crippen molar-refractivity contribution >= 4 is 5.97 Å². The van der Waals surface area contributed by atoms with Crippen LogP contribution in [0.4, 0.5) is 0 Å². The summed E-state index contributed by atoms with van der Waals surface area (Å²) in [5.74, 6) is -0.317. The predicted molar refractivity (Wildman–Crippen MR) is 57.2 cm³/mol. The second-order valence-corrected chi connectivity index (χ2v) is 3.58. The summed E-state index contributed by atoms with van der Waals surface area (Å²) in [6, 6.07) is 9.34. The van der Waals surface area contributed by atoms with E-state index < -0.39 is 6.10 Å². The second-order valence-electron chi connectivity index (χ2n) is 3.58. The standard InChI is InChI=1S/C12H16O3/c1-9(15-10(2)13)8-12(14)11-6-4-3-5-7-11/h3-7,9,12,14H,8H2,1-2H3/t9-,12?/m1/s1. The Labute approximate surface area is 89.7 Å². The van der Waals surface area contributed by atoms with E-state index in [9.17, 15) is 9.90 Å². The summed E-state index contributed by atoms with van der Waals surface area (Å²) in [5.41, 5.74) is 0.844. The molecule has 0 radical (unpaired) electrons. The normalized spacial score (nSPS) is 14.3. The van der Waals surface area contributed by atoms with Gasteiger partial charge in [0.1, 0.15) is 6.10 Å². The molecule has 1 aromatic carbocycles. The molecule has 82 valence electrons. The third kappa shape index (κ3) is 4.13. The van der Waals surface area contributed by atoms with Crippen LogP contribution in [0.2, 0.25) is 0 Å². The van der Waals surface area contributed by atoms with Crippen molar-refractivity contribution in [3.8, 4) is 0 Å². The number of ether oxygens (including phenoxy) is 1. The Morgan fingerprint density at radius 3 is 2.53 bits per heavy atom. The molecule has 0 bridgehead atoms. The van der Waals surface area contributed by atoms with E-state index in [0.717, 1.165) is 5.56 Å². The number of aliphatic hydroxyl groups is 1. The Morgan fingerprint density at radius 2 is 2.00 bits per heavy atom. The molecule has 0 fully saturated rings. The van der Waals surface area contributed by atoms with Crippen LogP contribution in [0.15, 0.2) is 30.3 Å². The van der Waals surface area contributed by atoms with Crippen molar-refractivity contribution in [2.24, 2.45) is 0 Å². The minimum absolute atomic E-state index is 0.266. The monoisotopic (exact) mass is 208 g/mol. The number of carbonyl (C=O) groups excluding carboxylic acids is 1. The number of esters is 1. The summed E-state index contributed by atoms with van der Waals surface area (Å²) in [6.07, 6.45) is -0.429. The average Bonchev–Trinajstić information content (AvgIpc) is 2.17. The molecule has 1 unspecified atom stereocenters. The van der Waals surface area contributed by atoms with E-state index in [-0.39, 0.29) is 12.1 Å². The van der Waals surface area contributed by atoms with E-state index in [1.807, 2.05) is 30.3 Å². The molecule has 3 nitrogen and oxygen atoms in total. The Morgan fingerprint density at radius 1 is 1.40 bits per heavy atom. The molecule has 0 aliphatic heterocycles. The maximum absolute atomic E-state index is 10.7. The Balaban J connectivity index is 2.49. The summed E-state index contributed by atoms with van der Waals surface area (Å²) < 4.78 is 4.94. The smallest absolute Gasteiger partial charge is 0.302 e. The Kier molecular flexibility index (Phi) is 4.31. The van der Waals surface area contributed by atoms with Crippen LogP contribution in [-0.2, 0) is 9.53 Å². The Hall–Kier alpha value is -1.35. The Bertz CT molecular complexity index is 308. The van der Waals surface area contributed by atoms with Gasteiger partial charge >= 0.3 is 5.97 Å². The van der Waals surface area contributed by atoms with Gasteiger partial charge in [0, 0.05) is 13.3 Å². The third-order valence-corrected chi connectivity index (χ3v) is 2.11. The molecule has 2 atom stereocenters. The first kappa shape index (κ1) is 11.7. The lowest BCUT2D eigenvalue weighted by molar-refractivity contribution is -0.146. The third-order valence-electron chi connectivity index (χ3n) is 2.11. The van der Waals surface area contributed by atoms with E-state index in [1.165, 1.54) is 6.92 Å². The molecule has 0 amide bonds. The fourth-order valence-electron chi connectivity index (χ4n) is 1.46. The number of hydrogen-bond acceptors (Lipinski definition) is 3. The van der Waals surface area contributed by atoms with Crippen molar-refractivity contribution < 1.29 is 14.6 Å². The summed E-state index contributed by atoms with van der Waals surface area (Å²) >= 11 is 0. The van der Waals surface area contributed by atoms with Gasteiger partial charge in [-0.2, -0.15) is 0 Å². The van der Waals surface area contributed by atoms with Gasteiger partial charge in [0.15, 0.2) is 0 Å². The summed E-state index contributed by atoms with van der Waals surface area (Å²) in [5, 5.41) is 9.81. The minimum Gasteiger partial charge on any atom is -0.463 e. The SMILES string of the molecule is CC(=O)O[C@H](C)CC(O)c1ccccc1. The first-order chi connectivity index (χ1) is 7.09. The zero-order valence-electron chi connectivity index (χ0n) is 9.01. The highest BCUT2D eigenvalue weighted by Gasteiger charge is 2.13. The summed E-state index contributed by atoms with van der Waals surface area (Å²) in [7, 11) is 0. The van der Waals surface area contributed by atoms with Gasteiger partial charge in [-0.3, -0.25) is 4.79 Å². The van der Waals surface area contributed by atoms with Gasteiger partial charge in [0.25, 0.3) is 0 Å². The molecule has 0 saturated carbocycles. The van der Waals surface area contributed by atoms with Crippen LogP contribution < -0.4 is 0 Å². The van der Waals surface area contributed by atoms with Gasteiger partial charge in [-0.25, -0.2) is 0 Å². The van der Waals surface area contributed by atoms with E-state index in [2.05, 4.69) is 0 Å². The number of aliphatic hydroxyl groups excluding tert-OH is 1. The average molecular weight is 208 g/mol. The molecule has 0 spiro atoms. The fraction of sp³-hybridized carbons (Fsp3) is 0.417. The van der Waals surface area contributed by atoms with Gasteiger partial charge in [-0.05, 0) is 12.5 Å². The molecule has 15 heavy (non-hydrogen) atoms. The van der Waals surface area contributed by atoms with Crippen molar-refractivity contribution in [3.05, 3.63) is 35.9 Å². The maximum Gasteiger partial charge on any atom is 0.302 e. The lowest BCUT2D eigenvalue weighted by Crippen LogP contribution is -2.15. The molecular weight excluding hydrogens is 192 g/mol. The van der Waals surface area contributed by atoms with Gasteiger partial charge in [-0.15, -0.1) is 0 Å². The summed E-state index contributed by atoms with van der Waals surface area (Å²) in [4.78, 5) is 10.7. The van der Waals surface area contributed by atoms with E-state index in [1.54, 1.807) is 6.92 Å². The zero-order valence-corrected chi connectivity index (χ0v) is 9.01. The van der Waals surface area contributed by atoms with Crippen LogP contribution in [0.5, 0.6) is 0 Å². The molecule has 1 N–H and O–H groups in total. The molecule has 0 aliphatic carbocycles. The van der Waals surface area contributed by atoms with E-state index in [4.69, 9.17) is 4.74 Å². The fourth-order valence-corrected chi connectivity index (χ4v) is 1.46. The number of rotatable bonds is 4. The second kappa shape index (κ2) is 5.51. The van der Waals surface area contributed by atoms with Gasteiger partial charge in [0.2, 0.25) is 0 Å². The lowest BCUT2D eigenvalue weighted by atomic mass is 10.0. The molecule has 0 aliphatic rings. The van der Waals surface area contributed by atoms with Crippen molar-refractivity contribution in [1.29, 1.82) is 0 Å². The zero-order chi connectivity index (χ0) is 11.3. The molecule has 0 saturated heterocycles. The van der Waals surface area contributed by atoms with Crippen LogP contribution >= 0.6 is 0 Å². The predicted octanol–water partition coefficient (Wildman–Crippen LogP) is 2.06. The molecule has 3 heteroatoms. The van der Waals surface area contributed by atoms with Gasteiger partial charge in [-0.1, -0.05) is 30.3 Å². The molecule has 0 heterocycles. The topological polar surface area (TPSA) is 46.5 Å². The van der Waals surface area contributed by atoms with Crippen molar-refractivity contribution in [3.63, 3.8) is 0 Å². The van der Waals surface area contributed by atoms with Crippen LogP contribution in [0, 0.1) is 0 Å². The number of benzene rings is 1. The molecule has 1 aromatic rings. The largest absolute Gasteiger partial charge is 0.463 e. The molecular formula is C12H16O3. The molecule has 0 aromatic heterocycles. The van der Waals surface area contributed by atoms with Crippen LogP contribution in [0.25, 0.3) is 0 Å². The van der Waals surface area contributed by atoms with E-state index >= 15 is 0 Å². The van der Waals surface area contributed by atoms with Crippen LogP contribution in [-0.4, -0.2) is 17.2 Å². The number of hydrogen-bond donors (Lipinski definition) is 1. The number of carbonyl (C=O) groups is 1. The highest BCUT2D eigenvalue weighted by atomic mass is 16.5. The maximum atomic E-state index is 10.7. The van der Waals surface area contributed by atoms with Gasteiger partial charge < -0.3 is 9.84 Å². The molecule has 1 rings (SSSR count). The van der Waals surface area contributed by atoms with Crippen molar-refractivity contribution in [2.75, 3.05) is 0 Å². The summed E-state index contributed by atoms with van der Waals surface area (Å²) in [6.45, 7) is 3.14. The quantitative estimate of drug-likeness (QED) is 0.770. The van der Waals surface area contributed by atoms with Crippen molar-refractivity contribution in [2.45, 2.75) is 32.5 Å². The minimum atomic E-state index is -0.583. The highest BCUT2D eigenvalue weighted by Crippen LogP contribution is 2.18. The highest BCUT2D eigenvalue weighted by molar-refractivity contribution is 5.66. The first-order valence-electron chi connectivity index (χ1n) is 5.00. The van der Waals surface area contributed by atoms with Crippen LogP contribution in [0.1, 0.15) is 31.9 Å². The van der Waals surface area contributed by atoms with Crippen LogP contribution in [0.3, 0.4) is 0 Å². The lowest BCUT2D eigenvalue weighted by Gasteiger charge is -2.16. The van der Waals surface area contributed by atoms with Gasteiger partial charge in [0.05, 0.1) is 6.10 Å². The van der Waals surface area contributed by atoms with Crippen molar-refractivity contribution in [1.82, 2.24) is 0 Å². The first-order valence-corrected chi connectivity index (χ1v) is 5.00.